The highest BCUT2D eigenvalue weighted by Gasteiger charge is 2.13. The molecule has 1 aromatic rings. The van der Waals surface area contributed by atoms with E-state index >= 15 is 0 Å². The van der Waals surface area contributed by atoms with Gasteiger partial charge in [-0.15, -0.1) is 0 Å². The minimum atomic E-state index is 0.591. The van der Waals surface area contributed by atoms with Crippen molar-refractivity contribution < 1.29 is 0 Å². The van der Waals surface area contributed by atoms with E-state index in [9.17, 15) is 0 Å². The Morgan fingerprint density at radius 2 is 1.47 bits per heavy atom. The van der Waals surface area contributed by atoms with Crippen LogP contribution in [0.15, 0.2) is 28.7 Å². The van der Waals surface area contributed by atoms with Crippen molar-refractivity contribution in [2.75, 3.05) is 0 Å². The Labute approximate surface area is 102 Å². The molecule has 0 aliphatic rings. The topological polar surface area (TPSA) is 3.24 Å². The fourth-order valence-corrected chi connectivity index (χ4v) is 2.03. The van der Waals surface area contributed by atoms with Crippen molar-refractivity contribution >= 4 is 15.9 Å². The van der Waals surface area contributed by atoms with Gasteiger partial charge in [0, 0.05) is 23.1 Å². The third kappa shape index (κ3) is 3.96. The van der Waals surface area contributed by atoms with Gasteiger partial charge in [0.05, 0.1) is 0 Å². The van der Waals surface area contributed by atoms with Crippen LogP contribution in [0.1, 0.15) is 33.3 Å². The van der Waals surface area contributed by atoms with Crippen molar-refractivity contribution in [1.29, 1.82) is 0 Å². The summed E-state index contributed by atoms with van der Waals surface area (Å²) in [5.74, 6) is 0. The van der Waals surface area contributed by atoms with Gasteiger partial charge in [-0.05, 0) is 45.4 Å². The van der Waals surface area contributed by atoms with E-state index in [2.05, 4.69) is 72.8 Å². The second-order valence-corrected chi connectivity index (χ2v) is 5.40. The Morgan fingerprint density at radius 1 is 1.00 bits per heavy atom. The fraction of sp³-hybridized carbons (Fsp3) is 0.538. The molecule has 0 amide bonds. The molecule has 0 radical (unpaired) electrons. The van der Waals surface area contributed by atoms with Crippen LogP contribution < -0.4 is 0 Å². The van der Waals surface area contributed by atoms with E-state index in [1.807, 2.05) is 0 Å². The first-order valence-electron chi connectivity index (χ1n) is 5.51. The van der Waals surface area contributed by atoms with Crippen LogP contribution in [0.4, 0.5) is 0 Å². The molecule has 15 heavy (non-hydrogen) atoms. The van der Waals surface area contributed by atoms with E-state index in [0.29, 0.717) is 12.1 Å². The number of benzene rings is 1. The Kier molecular flexibility index (Phi) is 4.81. The molecule has 0 fully saturated rings. The smallest absolute Gasteiger partial charge is 0.0239 e. The van der Waals surface area contributed by atoms with Crippen LogP contribution in [0.25, 0.3) is 0 Å². The monoisotopic (exact) mass is 269 g/mol. The number of nitrogens with zero attached hydrogens (tertiary/aromatic N) is 1. The summed E-state index contributed by atoms with van der Waals surface area (Å²) in [6.45, 7) is 10.0. The standard InChI is InChI=1S/C13H20BrN/c1-10(2)15(11(3)4)9-12-5-7-13(14)8-6-12/h5-8,10-11H,9H2,1-4H3. The Balaban J connectivity index is 2.70. The lowest BCUT2D eigenvalue weighted by molar-refractivity contribution is 0.166. The average Bonchev–Trinajstić information content (AvgIpc) is 2.15. The number of hydrogen-bond acceptors (Lipinski definition) is 1. The van der Waals surface area contributed by atoms with Crippen molar-refractivity contribution in [2.45, 2.75) is 46.3 Å². The minimum absolute atomic E-state index is 0.591. The van der Waals surface area contributed by atoms with E-state index in [1.165, 1.54) is 5.56 Å². The Bertz CT molecular complexity index is 282. The van der Waals surface area contributed by atoms with Crippen LogP contribution in [-0.4, -0.2) is 17.0 Å². The summed E-state index contributed by atoms with van der Waals surface area (Å²) in [6.07, 6.45) is 0. The van der Waals surface area contributed by atoms with Gasteiger partial charge in [-0.1, -0.05) is 28.1 Å². The van der Waals surface area contributed by atoms with Gasteiger partial charge in [-0.2, -0.15) is 0 Å². The number of halogens is 1. The highest BCUT2D eigenvalue weighted by molar-refractivity contribution is 9.10. The third-order valence-corrected chi connectivity index (χ3v) is 3.13. The van der Waals surface area contributed by atoms with Crippen molar-refractivity contribution in [3.8, 4) is 0 Å². The fourth-order valence-electron chi connectivity index (χ4n) is 1.76. The Hall–Kier alpha value is -0.340. The molecule has 0 aromatic heterocycles. The lowest BCUT2D eigenvalue weighted by atomic mass is 10.1. The van der Waals surface area contributed by atoms with E-state index in [0.717, 1.165) is 11.0 Å². The van der Waals surface area contributed by atoms with Gasteiger partial charge in [-0.25, -0.2) is 0 Å². The molecule has 0 atom stereocenters. The van der Waals surface area contributed by atoms with Crippen LogP contribution in [-0.2, 0) is 6.54 Å². The van der Waals surface area contributed by atoms with E-state index in [4.69, 9.17) is 0 Å². The molecule has 84 valence electrons. The van der Waals surface area contributed by atoms with Crippen LogP contribution in [0, 0.1) is 0 Å². The maximum absolute atomic E-state index is 3.46. The molecule has 0 aliphatic heterocycles. The van der Waals surface area contributed by atoms with Gasteiger partial charge in [0.15, 0.2) is 0 Å². The summed E-state index contributed by atoms with van der Waals surface area (Å²) in [5.41, 5.74) is 1.38. The molecule has 0 bridgehead atoms. The predicted molar refractivity (Wildman–Crippen MR) is 70.0 cm³/mol. The van der Waals surface area contributed by atoms with Crippen LogP contribution >= 0.6 is 15.9 Å². The zero-order valence-corrected chi connectivity index (χ0v) is 11.6. The van der Waals surface area contributed by atoms with Crippen molar-refractivity contribution in [3.05, 3.63) is 34.3 Å². The first kappa shape index (κ1) is 12.7. The molecule has 0 saturated carbocycles. The second kappa shape index (κ2) is 5.66. The van der Waals surface area contributed by atoms with E-state index in [1.54, 1.807) is 0 Å². The van der Waals surface area contributed by atoms with Gasteiger partial charge in [0.25, 0.3) is 0 Å². The normalized spacial score (nSPS) is 11.7. The van der Waals surface area contributed by atoms with E-state index in [-0.39, 0.29) is 0 Å². The van der Waals surface area contributed by atoms with Gasteiger partial charge >= 0.3 is 0 Å². The predicted octanol–water partition coefficient (Wildman–Crippen LogP) is 4.07. The first-order valence-corrected chi connectivity index (χ1v) is 6.30. The van der Waals surface area contributed by atoms with Crippen LogP contribution in [0.2, 0.25) is 0 Å². The summed E-state index contributed by atoms with van der Waals surface area (Å²) in [4.78, 5) is 2.49. The maximum Gasteiger partial charge on any atom is 0.0239 e. The third-order valence-electron chi connectivity index (χ3n) is 2.60. The van der Waals surface area contributed by atoms with Gasteiger partial charge < -0.3 is 0 Å². The summed E-state index contributed by atoms with van der Waals surface area (Å²) in [7, 11) is 0. The number of rotatable bonds is 4. The molecule has 0 unspecified atom stereocenters. The van der Waals surface area contributed by atoms with Crippen LogP contribution in [0.3, 0.4) is 0 Å². The zero-order valence-electron chi connectivity index (χ0n) is 10.00. The quantitative estimate of drug-likeness (QED) is 0.797. The molecule has 0 aliphatic carbocycles. The molecule has 1 rings (SSSR count). The summed E-state index contributed by atoms with van der Waals surface area (Å²) < 4.78 is 1.15. The lowest BCUT2D eigenvalue weighted by Crippen LogP contribution is -2.36. The zero-order chi connectivity index (χ0) is 11.4. The largest absolute Gasteiger partial charge is 0.294 e. The SMILES string of the molecule is CC(C)N(Cc1ccc(Br)cc1)C(C)C. The molecule has 1 nitrogen and oxygen atoms in total. The molecule has 0 N–H and O–H groups in total. The average molecular weight is 270 g/mol. The summed E-state index contributed by atoms with van der Waals surface area (Å²) in [5, 5.41) is 0. The van der Waals surface area contributed by atoms with Crippen molar-refractivity contribution in [3.63, 3.8) is 0 Å². The molecule has 0 spiro atoms. The molecule has 2 heteroatoms. The highest BCUT2D eigenvalue weighted by atomic mass is 79.9. The molecule has 0 heterocycles. The second-order valence-electron chi connectivity index (χ2n) is 4.49. The summed E-state index contributed by atoms with van der Waals surface area (Å²) in [6, 6.07) is 9.76. The molecular weight excluding hydrogens is 250 g/mol. The minimum Gasteiger partial charge on any atom is -0.294 e. The molecule has 1 aromatic carbocycles. The van der Waals surface area contributed by atoms with Crippen molar-refractivity contribution in [2.24, 2.45) is 0 Å². The van der Waals surface area contributed by atoms with Crippen LogP contribution in [0.5, 0.6) is 0 Å². The maximum atomic E-state index is 3.46. The van der Waals surface area contributed by atoms with Crippen molar-refractivity contribution in [1.82, 2.24) is 4.90 Å². The first-order chi connectivity index (χ1) is 7.00. The van der Waals surface area contributed by atoms with Gasteiger partial charge in [-0.3, -0.25) is 4.90 Å². The van der Waals surface area contributed by atoms with E-state index < -0.39 is 0 Å². The Morgan fingerprint density at radius 3 is 1.87 bits per heavy atom. The number of hydrogen-bond donors (Lipinski definition) is 0. The summed E-state index contributed by atoms with van der Waals surface area (Å²) >= 11 is 3.46. The lowest BCUT2D eigenvalue weighted by Gasteiger charge is -2.30. The molecular formula is C13H20BrN. The van der Waals surface area contributed by atoms with Gasteiger partial charge in [0.1, 0.15) is 0 Å². The molecule has 0 saturated heterocycles. The van der Waals surface area contributed by atoms with Gasteiger partial charge in [0.2, 0.25) is 0 Å². The highest BCUT2D eigenvalue weighted by Crippen LogP contribution is 2.15.